The molecular weight excluding hydrogens is 212 g/mol. The van der Waals surface area contributed by atoms with Crippen LogP contribution in [0.4, 0.5) is 0 Å². The molecule has 0 bridgehead atoms. The highest BCUT2D eigenvalue weighted by Crippen LogP contribution is 2.57. The SMILES string of the molecule is CC1(C)C2CCc3ccoc3[C@@]2(C)CC[C@@H]1O. The van der Waals surface area contributed by atoms with Gasteiger partial charge in [0.1, 0.15) is 5.76 Å². The van der Waals surface area contributed by atoms with E-state index in [2.05, 4.69) is 26.8 Å². The molecule has 2 nitrogen and oxygen atoms in total. The lowest BCUT2D eigenvalue weighted by atomic mass is 9.51. The van der Waals surface area contributed by atoms with Crippen LogP contribution in [-0.4, -0.2) is 11.2 Å². The molecule has 0 aromatic carbocycles. The second-order valence-corrected chi connectivity index (χ2v) is 6.66. The van der Waals surface area contributed by atoms with Crippen molar-refractivity contribution in [1.29, 1.82) is 0 Å². The Bertz CT molecular complexity index is 432. The van der Waals surface area contributed by atoms with Crippen LogP contribution in [0.3, 0.4) is 0 Å². The largest absolute Gasteiger partial charge is 0.468 e. The van der Waals surface area contributed by atoms with Gasteiger partial charge in [0.15, 0.2) is 0 Å². The van der Waals surface area contributed by atoms with Crippen LogP contribution < -0.4 is 0 Å². The molecule has 1 heterocycles. The van der Waals surface area contributed by atoms with Gasteiger partial charge < -0.3 is 9.52 Å². The Kier molecular flexibility index (Phi) is 2.25. The van der Waals surface area contributed by atoms with Gasteiger partial charge in [-0.2, -0.15) is 0 Å². The molecule has 0 aliphatic heterocycles. The van der Waals surface area contributed by atoms with E-state index in [4.69, 9.17) is 4.42 Å². The van der Waals surface area contributed by atoms with Gasteiger partial charge in [-0.25, -0.2) is 0 Å². The Morgan fingerprint density at radius 1 is 1.29 bits per heavy atom. The van der Waals surface area contributed by atoms with Crippen LogP contribution >= 0.6 is 0 Å². The molecule has 3 atom stereocenters. The van der Waals surface area contributed by atoms with E-state index >= 15 is 0 Å². The zero-order valence-corrected chi connectivity index (χ0v) is 11.0. The highest BCUT2D eigenvalue weighted by atomic mass is 16.3. The Balaban J connectivity index is 2.09. The number of aliphatic hydroxyl groups is 1. The Hall–Kier alpha value is -0.760. The molecule has 1 fully saturated rings. The second kappa shape index (κ2) is 3.38. The minimum Gasteiger partial charge on any atom is -0.468 e. The van der Waals surface area contributed by atoms with Gasteiger partial charge in [-0.05, 0) is 48.6 Å². The van der Waals surface area contributed by atoms with E-state index in [-0.39, 0.29) is 16.9 Å². The van der Waals surface area contributed by atoms with Crippen LogP contribution in [0.2, 0.25) is 0 Å². The third-order valence-corrected chi connectivity index (χ3v) is 5.43. The molecule has 0 saturated heterocycles. The van der Waals surface area contributed by atoms with Gasteiger partial charge in [0.25, 0.3) is 0 Å². The van der Waals surface area contributed by atoms with E-state index in [9.17, 15) is 5.11 Å². The van der Waals surface area contributed by atoms with Gasteiger partial charge in [-0.15, -0.1) is 0 Å². The highest BCUT2D eigenvalue weighted by Gasteiger charge is 2.54. The van der Waals surface area contributed by atoms with Crippen molar-refractivity contribution in [1.82, 2.24) is 0 Å². The number of aliphatic hydroxyl groups excluding tert-OH is 1. The summed E-state index contributed by atoms with van der Waals surface area (Å²) < 4.78 is 5.78. The van der Waals surface area contributed by atoms with Crippen molar-refractivity contribution in [2.24, 2.45) is 11.3 Å². The first-order chi connectivity index (χ1) is 7.96. The van der Waals surface area contributed by atoms with Crippen molar-refractivity contribution in [3.63, 3.8) is 0 Å². The van der Waals surface area contributed by atoms with E-state index in [0.29, 0.717) is 5.92 Å². The molecule has 0 radical (unpaired) electrons. The summed E-state index contributed by atoms with van der Waals surface area (Å²) in [6, 6.07) is 2.12. The molecule has 2 heteroatoms. The first-order valence-electron chi connectivity index (χ1n) is 6.71. The monoisotopic (exact) mass is 234 g/mol. The average molecular weight is 234 g/mol. The van der Waals surface area contributed by atoms with Crippen molar-refractivity contribution in [3.8, 4) is 0 Å². The minimum atomic E-state index is -0.169. The summed E-state index contributed by atoms with van der Waals surface area (Å²) in [5.74, 6) is 1.71. The van der Waals surface area contributed by atoms with Crippen LogP contribution in [0, 0.1) is 11.3 Å². The molecule has 1 aromatic heterocycles. The highest BCUT2D eigenvalue weighted by molar-refractivity contribution is 5.31. The zero-order chi connectivity index (χ0) is 12.3. The van der Waals surface area contributed by atoms with E-state index in [1.165, 1.54) is 17.7 Å². The van der Waals surface area contributed by atoms with Crippen LogP contribution in [0.15, 0.2) is 16.7 Å². The first kappa shape index (κ1) is 11.3. The summed E-state index contributed by atoms with van der Waals surface area (Å²) in [5.41, 5.74) is 1.51. The molecule has 1 aromatic rings. The molecule has 1 N–H and O–H groups in total. The predicted octanol–water partition coefficient (Wildman–Crippen LogP) is 3.28. The Labute approximate surface area is 103 Å². The van der Waals surface area contributed by atoms with E-state index in [0.717, 1.165) is 19.3 Å². The average Bonchev–Trinajstić information content (AvgIpc) is 2.74. The standard InChI is InChI=1S/C15H22O2/c1-14(2)11-5-4-10-7-9-17-13(10)15(11,3)8-6-12(14)16/h7,9,11-12,16H,4-6,8H2,1-3H3/t11?,12-,15-/m0/s1. The molecule has 2 aliphatic carbocycles. The van der Waals surface area contributed by atoms with Gasteiger partial charge >= 0.3 is 0 Å². The fourth-order valence-electron chi connectivity index (χ4n) is 4.33. The van der Waals surface area contributed by atoms with Crippen LogP contribution in [0.1, 0.15) is 51.4 Å². The van der Waals surface area contributed by atoms with Gasteiger partial charge in [0, 0.05) is 5.41 Å². The van der Waals surface area contributed by atoms with Crippen molar-refractivity contribution < 1.29 is 9.52 Å². The molecule has 2 aliphatic rings. The Morgan fingerprint density at radius 2 is 2.06 bits per heavy atom. The summed E-state index contributed by atoms with van der Waals surface area (Å²) in [4.78, 5) is 0. The van der Waals surface area contributed by atoms with Crippen molar-refractivity contribution >= 4 is 0 Å². The molecule has 1 unspecified atom stereocenters. The third kappa shape index (κ3) is 1.36. The number of furan rings is 1. The predicted molar refractivity (Wildman–Crippen MR) is 66.9 cm³/mol. The quantitative estimate of drug-likeness (QED) is 0.747. The topological polar surface area (TPSA) is 33.4 Å². The maximum Gasteiger partial charge on any atom is 0.113 e. The minimum absolute atomic E-state index is 0.00250. The third-order valence-electron chi connectivity index (χ3n) is 5.43. The van der Waals surface area contributed by atoms with E-state index < -0.39 is 0 Å². The number of hydrogen-bond acceptors (Lipinski definition) is 2. The zero-order valence-electron chi connectivity index (χ0n) is 11.0. The summed E-state index contributed by atoms with van der Waals surface area (Å²) in [6.07, 6.45) is 5.87. The van der Waals surface area contributed by atoms with Crippen molar-refractivity contribution in [3.05, 3.63) is 23.7 Å². The lowest BCUT2D eigenvalue weighted by molar-refractivity contribution is -0.0785. The molecule has 94 valence electrons. The van der Waals surface area contributed by atoms with E-state index in [1.54, 1.807) is 0 Å². The lowest BCUT2D eigenvalue weighted by Gasteiger charge is -2.54. The fraction of sp³-hybridized carbons (Fsp3) is 0.733. The van der Waals surface area contributed by atoms with Crippen LogP contribution in [-0.2, 0) is 11.8 Å². The molecule has 17 heavy (non-hydrogen) atoms. The first-order valence-corrected chi connectivity index (χ1v) is 6.71. The smallest absolute Gasteiger partial charge is 0.113 e. The number of aryl methyl sites for hydroxylation is 1. The summed E-state index contributed by atoms with van der Waals surface area (Å²) in [5, 5.41) is 10.3. The number of fused-ring (bicyclic) bond motifs is 3. The van der Waals surface area contributed by atoms with E-state index in [1.807, 2.05) is 6.26 Å². The Morgan fingerprint density at radius 3 is 2.82 bits per heavy atom. The van der Waals surface area contributed by atoms with Crippen LogP contribution in [0.5, 0.6) is 0 Å². The molecular formula is C15H22O2. The van der Waals surface area contributed by atoms with Crippen molar-refractivity contribution in [2.75, 3.05) is 0 Å². The summed E-state index contributed by atoms with van der Waals surface area (Å²) in [6.45, 7) is 6.76. The lowest BCUT2D eigenvalue weighted by Crippen LogP contribution is -2.53. The van der Waals surface area contributed by atoms with Crippen molar-refractivity contribution in [2.45, 2.75) is 58.0 Å². The van der Waals surface area contributed by atoms with Gasteiger partial charge in [-0.3, -0.25) is 0 Å². The van der Waals surface area contributed by atoms with Crippen LogP contribution in [0.25, 0.3) is 0 Å². The molecule has 1 saturated carbocycles. The summed E-state index contributed by atoms with van der Waals surface area (Å²) >= 11 is 0. The molecule has 0 spiro atoms. The van der Waals surface area contributed by atoms with Gasteiger partial charge in [0.05, 0.1) is 12.4 Å². The van der Waals surface area contributed by atoms with Gasteiger partial charge in [-0.1, -0.05) is 20.8 Å². The summed E-state index contributed by atoms with van der Waals surface area (Å²) in [7, 11) is 0. The molecule has 0 amide bonds. The second-order valence-electron chi connectivity index (χ2n) is 6.66. The number of hydrogen-bond donors (Lipinski definition) is 1. The maximum atomic E-state index is 10.3. The normalized spacial score (nSPS) is 39.5. The maximum absolute atomic E-state index is 10.3. The molecule has 3 rings (SSSR count). The number of rotatable bonds is 0. The van der Waals surface area contributed by atoms with Gasteiger partial charge in [0.2, 0.25) is 0 Å². The fourth-order valence-corrected chi connectivity index (χ4v) is 4.33.